The molecule has 202 valence electrons. The van der Waals surface area contributed by atoms with E-state index in [0.29, 0.717) is 25.3 Å². The van der Waals surface area contributed by atoms with Crippen LogP contribution in [0.3, 0.4) is 0 Å². The molecule has 0 bridgehead atoms. The Balaban J connectivity index is 1.58. The molecule has 3 aromatic rings. The zero-order valence-electron chi connectivity index (χ0n) is 20.8. The number of imidazole rings is 1. The van der Waals surface area contributed by atoms with Crippen LogP contribution in [0.5, 0.6) is 0 Å². The molecule has 0 spiro atoms. The smallest absolute Gasteiger partial charge is 0.376 e. The Morgan fingerprint density at radius 2 is 1.89 bits per heavy atom. The van der Waals surface area contributed by atoms with Crippen molar-refractivity contribution in [3.8, 4) is 0 Å². The fraction of sp³-hybridized carbons (Fsp3) is 0.458. The molecular formula is C24H30F3N5O3S2. The number of alkyl halides is 3. The second-order valence-corrected chi connectivity index (χ2v) is 12.6. The lowest BCUT2D eigenvalue weighted by atomic mass is 9.95. The average Bonchev–Trinajstić information content (AvgIpc) is 3.51. The molecule has 1 fully saturated rings. The number of nitrogens with zero attached hydrogens (tertiary/aromatic N) is 5. The monoisotopic (exact) mass is 557 g/mol. The SMILES string of the molecule is CN(Cc1cn(C)cn1)C[C@H]1CN(S(=O)(=O)c2cccs2)CCN1c1ccc(C(C)(O)C(F)(F)F)cc1. The van der Waals surface area contributed by atoms with Crippen molar-refractivity contribution in [2.45, 2.75) is 35.5 Å². The van der Waals surface area contributed by atoms with Gasteiger partial charge < -0.3 is 14.6 Å². The maximum absolute atomic E-state index is 13.3. The summed E-state index contributed by atoms with van der Waals surface area (Å²) in [4.78, 5) is 8.41. The van der Waals surface area contributed by atoms with Gasteiger partial charge in [-0.25, -0.2) is 13.4 Å². The number of halogens is 3. The van der Waals surface area contributed by atoms with Gasteiger partial charge in [0.1, 0.15) is 4.21 Å². The number of rotatable bonds is 8. The summed E-state index contributed by atoms with van der Waals surface area (Å²) >= 11 is 1.17. The van der Waals surface area contributed by atoms with Crippen LogP contribution in [0.1, 0.15) is 18.2 Å². The van der Waals surface area contributed by atoms with Crippen LogP contribution in [0.2, 0.25) is 0 Å². The van der Waals surface area contributed by atoms with Gasteiger partial charge in [-0.3, -0.25) is 4.90 Å². The fourth-order valence-corrected chi connectivity index (χ4v) is 7.08. The van der Waals surface area contributed by atoms with Crippen LogP contribution in [0, 0.1) is 0 Å². The van der Waals surface area contributed by atoms with Crippen molar-refractivity contribution < 1.29 is 26.7 Å². The van der Waals surface area contributed by atoms with Crippen molar-refractivity contribution in [3.05, 3.63) is 65.6 Å². The summed E-state index contributed by atoms with van der Waals surface area (Å²) in [6.07, 6.45) is -1.19. The number of anilines is 1. The van der Waals surface area contributed by atoms with Crippen molar-refractivity contribution in [1.29, 1.82) is 0 Å². The minimum absolute atomic E-state index is 0.217. The van der Waals surface area contributed by atoms with Crippen molar-refractivity contribution in [1.82, 2.24) is 18.8 Å². The molecule has 0 aliphatic carbocycles. The van der Waals surface area contributed by atoms with Crippen LogP contribution in [0.4, 0.5) is 18.9 Å². The lowest BCUT2D eigenvalue weighted by Crippen LogP contribution is -2.58. The van der Waals surface area contributed by atoms with Gasteiger partial charge in [0.2, 0.25) is 0 Å². The lowest BCUT2D eigenvalue weighted by molar-refractivity contribution is -0.258. The number of sulfonamides is 1. The van der Waals surface area contributed by atoms with E-state index in [9.17, 15) is 26.7 Å². The summed E-state index contributed by atoms with van der Waals surface area (Å²) in [5.41, 5.74) is -1.70. The molecule has 3 heterocycles. The second kappa shape index (κ2) is 10.4. The number of aromatic nitrogens is 2. The Kier molecular flexibility index (Phi) is 7.73. The van der Waals surface area contributed by atoms with Gasteiger partial charge in [0.05, 0.1) is 18.1 Å². The van der Waals surface area contributed by atoms with Gasteiger partial charge in [0.25, 0.3) is 10.0 Å². The Hall–Kier alpha value is -2.45. The van der Waals surface area contributed by atoms with E-state index >= 15 is 0 Å². The highest BCUT2D eigenvalue weighted by Crippen LogP contribution is 2.39. The molecule has 1 unspecified atom stereocenters. The molecule has 0 radical (unpaired) electrons. The molecule has 1 aromatic carbocycles. The zero-order valence-corrected chi connectivity index (χ0v) is 22.4. The van der Waals surface area contributed by atoms with E-state index in [0.717, 1.165) is 12.6 Å². The van der Waals surface area contributed by atoms with Gasteiger partial charge in [0, 0.05) is 51.7 Å². The third kappa shape index (κ3) is 5.85. The van der Waals surface area contributed by atoms with Crippen molar-refractivity contribution >= 4 is 27.0 Å². The van der Waals surface area contributed by atoms with E-state index in [2.05, 4.69) is 4.98 Å². The molecule has 4 rings (SSSR count). The number of thiophene rings is 1. The van der Waals surface area contributed by atoms with Crippen molar-refractivity contribution in [3.63, 3.8) is 0 Å². The number of likely N-dealkylation sites (N-methyl/N-ethyl adjacent to an activating group) is 1. The quantitative estimate of drug-likeness (QED) is 0.458. The first-order valence-electron chi connectivity index (χ1n) is 11.6. The number of hydrogen-bond donors (Lipinski definition) is 1. The first kappa shape index (κ1) is 27.6. The summed E-state index contributed by atoms with van der Waals surface area (Å²) in [6.45, 7) is 2.59. The van der Waals surface area contributed by atoms with Crippen LogP contribution in [-0.4, -0.2) is 77.7 Å². The molecular weight excluding hydrogens is 527 g/mol. The van der Waals surface area contributed by atoms with Gasteiger partial charge >= 0.3 is 6.18 Å². The van der Waals surface area contributed by atoms with E-state index in [-0.39, 0.29) is 28.9 Å². The summed E-state index contributed by atoms with van der Waals surface area (Å²) in [7, 11) is 0.143. The first-order chi connectivity index (χ1) is 17.3. The maximum Gasteiger partial charge on any atom is 0.421 e. The van der Waals surface area contributed by atoms with Gasteiger partial charge in [0.15, 0.2) is 5.60 Å². The Morgan fingerprint density at radius 3 is 2.46 bits per heavy atom. The lowest BCUT2D eigenvalue weighted by Gasteiger charge is -2.43. The molecule has 1 aliphatic rings. The number of benzene rings is 1. The van der Waals surface area contributed by atoms with Crippen LogP contribution in [0.25, 0.3) is 0 Å². The standard InChI is InChI=1S/C24H30F3N5O3S2/c1-23(33,24(25,26)27)18-6-8-20(9-7-18)32-11-10-31(37(34,35)22-5-4-12-36-22)16-21(32)15-29(2)13-19-14-30(3)17-28-19/h4-9,12,14,17,21,33H,10-11,13,15-16H2,1-3H3/t21-,23?/m0/s1. The highest BCUT2D eigenvalue weighted by atomic mass is 32.2. The highest BCUT2D eigenvalue weighted by molar-refractivity contribution is 7.91. The van der Waals surface area contributed by atoms with Crippen molar-refractivity contribution in [2.24, 2.45) is 7.05 Å². The highest BCUT2D eigenvalue weighted by Gasteiger charge is 2.51. The number of piperazine rings is 1. The minimum atomic E-state index is -4.81. The Morgan fingerprint density at radius 1 is 1.19 bits per heavy atom. The third-order valence-corrected chi connectivity index (χ3v) is 9.80. The third-order valence-electron chi connectivity index (χ3n) is 6.56. The van der Waals surface area contributed by atoms with E-state index in [1.54, 1.807) is 36.0 Å². The molecule has 13 heteroatoms. The maximum atomic E-state index is 13.3. The summed E-state index contributed by atoms with van der Waals surface area (Å²) in [6, 6.07) is 8.64. The molecule has 0 amide bonds. The second-order valence-electron chi connectivity index (χ2n) is 9.49. The summed E-state index contributed by atoms with van der Waals surface area (Å²) in [5.74, 6) is 0. The number of aryl methyl sites for hydroxylation is 1. The Bertz CT molecular complexity index is 1290. The predicted molar refractivity (Wildman–Crippen MR) is 136 cm³/mol. The van der Waals surface area contributed by atoms with Gasteiger partial charge in [-0.2, -0.15) is 17.5 Å². The first-order valence-corrected chi connectivity index (χ1v) is 14.0. The molecule has 1 saturated heterocycles. The van der Waals surface area contributed by atoms with Gasteiger partial charge in [-0.15, -0.1) is 11.3 Å². The summed E-state index contributed by atoms with van der Waals surface area (Å²) < 4.78 is 69.9. The molecule has 1 N–H and O–H groups in total. The minimum Gasteiger partial charge on any atom is -0.376 e. The van der Waals surface area contributed by atoms with Crippen LogP contribution < -0.4 is 4.90 Å². The molecule has 8 nitrogen and oxygen atoms in total. The topological polar surface area (TPSA) is 81.9 Å². The summed E-state index contributed by atoms with van der Waals surface area (Å²) in [5, 5.41) is 11.7. The van der Waals surface area contributed by atoms with E-state index in [1.165, 1.54) is 27.8 Å². The molecule has 37 heavy (non-hydrogen) atoms. The van der Waals surface area contributed by atoms with Gasteiger partial charge in [-0.1, -0.05) is 18.2 Å². The molecule has 1 aliphatic heterocycles. The number of aliphatic hydroxyl groups is 1. The largest absolute Gasteiger partial charge is 0.421 e. The number of hydrogen-bond acceptors (Lipinski definition) is 7. The van der Waals surface area contributed by atoms with Gasteiger partial charge in [-0.05, 0) is 43.1 Å². The molecule has 2 atom stereocenters. The van der Waals surface area contributed by atoms with Crippen LogP contribution >= 0.6 is 11.3 Å². The fourth-order valence-electron chi connectivity index (χ4n) is 4.47. The average molecular weight is 558 g/mol. The van der Waals surface area contributed by atoms with E-state index in [1.807, 2.05) is 34.7 Å². The van der Waals surface area contributed by atoms with E-state index in [4.69, 9.17) is 0 Å². The van der Waals surface area contributed by atoms with Crippen LogP contribution in [0.15, 0.2) is 58.5 Å². The van der Waals surface area contributed by atoms with Crippen molar-refractivity contribution in [2.75, 3.05) is 38.1 Å². The zero-order chi connectivity index (χ0) is 27.0. The molecule has 0 saturated carbocycles. The van der Waals surface area contributed by atoms with E-state index < -0.39 is 21.8 Å². The van der Waals surface area contributed by atoms with Crippen LogP contribution in [-0.2, 0) is 29.2 Å². The Labute approximate surface area is 218 Å². The molecule has 2 aromatic heterocycles. The normalized spacial score (nSPS) is 19.4. The predicted octanol–water partition coefficient (Wildman–Crippen LogP) is 3.26.